The van der Waals surface area contributed by atoms with E-state index in [1.54, 1.807) is 5.32 Å². The number of amides is 1. The van der Waals surface area contributed by atoms with E-state index >= 15 is 0 Å². The Kier molecular flexibility index (Phi) is 8.49. The Morgan fingerprint density at radius 1 is 1.00 bits per heavy atom. The predicted molar refractivity (Wildman–Crippen MR) is 111 cm³/mol. The van der Waals surface area contributed by atoms with Gasteiger partial charge in [0.2, 0.25) is 0 Å². The number of carbonyl (C=O) groups excluding carboxylic acids is 1. The predicted octanol–water partition coefficient (Wildman–Crippen LogP) is 7.14. The van der Waals surface area contributed by atoms with Crippen LogP contribution >= 0.6 is 34.8 Å². The molecule has 0 aliphatic rings. The number of nitrogens with one attached hydrogen (secondary N) is 1. The molecule has 0 aromatic heterocycles. The van der Waals surface area contributed by atoms with Gasteiger partial charge in [0.15, 0.2) is 0 Å². The molecule has 0 saturated carbocycles. The number of carboxylic acids is 1. The van der Waals surface area contributed by atoms with Gasteiger partial charge in [0.05, 0.1) is 26.2 Å². The van der Waals surface area contributed by atoms with E-state index in [0.29, 0.717) is 12.1 Å². The number of aliphatic carboxylic acids is 1. The van der Waals surface area contributed by atoms with Gasteiger partial charge >= 0.3 is 18.3 Å². The van der Waals surface area contributed by atoms with E-state index in [2.05, 4.69) is 0 Å². The van der Waals surface area contributed by atoms with Crippen LogP contribution in [-0.2, 0) is 11.0 Å². The molecule has 2 rings (SSSR count). The molecule has 0 saturated heterocycles. The van der Waals surface area contributed by atoms with Crippen LogP contribution in [0.1, 0.15) is 33.0 Å². The van der Waals surface area contributed by atoms with Gasteiger partial charge in [0.1, 0.15) is 18.3 Å². The molecule has 14 heteroatoms. The van der Waals surface area contributed by atoms with Crippen LogP contribution < -0.4 is 5.32 Å². The minimum atomic E-state index is -5.22. The zero-order valence-electron chi connectivity index (χ0n) is 16.3. The van der Waals surface area contributed by atoms with Gasteiger partial charge in [-0.2, -0.15) is 26.3 Å². The van der Waals surface area contributed by atoms with Crippen molar-refractivity contribution in [3.05, 3.63) is 73.7 Å². The highest BCUT2D eigenvalue weighted by Gasteiger charge is 2.41. The Labute approximate surface area is 201 Å². The molecule has 0 bridgehead atoms. The second-order valence-corrected chi connectivity index (χ2v) is 7.86. The summed E-state index contributed by atoms with van der Waals surface area (Å²) in [6.07, 6.45) is -10.3. The first-order valence-electron chi connectivity index (χ1n) is 8.82. The SMILES string of the molecule is O=C(O)CNC(=O)c1ccc(/C(F)=C/C(c2cc(Cl)c(Cl)c(Cl)c2)C(F)(F)F)cc1C(F)(F)F. The highest BCUT2D eigenvalue weighted by atomic mass is 35.5. The summed E-state index contributed by atoms with van der Waals surface area (Å²) in [6, 6.07) is 2.87. The lowest BCUT2D eigenvalue weighted by Crippen LogP contribution is -2.31. The largest absolute Gasteiger partial charge is 0.480 e. The molecule has 1 unspecified atom stereocenters. The van der Waals surface area contributed by atoms with Crippen LogP contribution in [0.15, 0.2) is 36.4 Å². The zero-order chi connectivity index (χ0) is 26.0. The molecule has 0 radical (unpaired) electrons. The van der Waals surface area contributed by atoms with Gasteiger partial charge in [-0.25, -0.2) is 4.39 Å². The standard InChI is InChI=1S/C20H11Cl3F7NO3/c21-13-4-9(5-14(22)17(13)23)11(19(25,26)27)6-15(24)8-1-2-10(12(3-8)20(28,29)30)18(34)31-7-16(32)33/h1-6,11H,7H2,(H,31,34)(H,32,33)/b15-6-. The molecule has 2 aromatic rings. The third-order valence-electron chi connectivity index (χ3n) is 4.28. The van der Waals surface area contributed by atoms with Crippen molar-refractivity contribution in [2.24, 2.45) is 0 Å². The van der Waals surface area contributed by atoms with Gasteiger partial charge in [-0.1, -0.05) is 40.9 Å². The molecular weight excluding hydrogens is 542 g/mol. The molecule has 1 atom stereocenters. The van der Waals surface area contributed by atoms with Crippen molar-refractivity contribution >= 4 is 52.5 Å². The number of allylic oxidation sites excluding steroid dienone is 1. The van der Waals surface area contributed by atoms with Crippen molar-refractivity contribution in [2.45, 2.75) is 18.3 Å². The third-order valence-corrected chi connectivity index (χ3v) is 5.47. The van der Waals surface area contributed by atoms with Gasteiger partial charge in [0.25, 0.3) is 5.91 Å². The molecule has 2 N–H and O–H groups in total. The van der Waals surface area contributed by atoms with Crippen LogP contribution in [0.2, 0.25) is 15.1 Å². The van der Waals surface area contributed by atoms with E-state index in [9.17, 15) is 40.3 Å². The fourth-order valence-electron chi connectivity index (χ4n) is 2.75. The highest BCUT2D eigenvalue weighted by Crippen LogP contribution is 2.42. The van der Waals surface area contributed by atoms with Crippen molar-refractivity contribution in [1.29, 1.82) is 0 Å². The number of rotatable bonds is 6. The second-order valence-electron chi connectivity index (χ2n) is 6.67. The van der Waals surface area contributed by atoms with Crippen LogP contribution in [0.25, 0.3) is 5.83 Å². The average Bonchev–Trinajstić information content (AvgIpc) is 2.71. The van der Waals surface area contributed by atoms with E-state index in [1.807, 2.05) is 0 Å². The van der Waals surface area contributed by atoms with E-state index in [1.165, 1.54) is 0 Å². The van der Waals surface area contributed by atoms with Crippen LogP contribution in [0.4, 0.5) is 30.7 Å². The Bertz CT molecular complexity index is 1120. The Hall–Kier alpha value is -2.50. The number of carboxylic acid groups (broad SMARTS) is 1. The lowest BCUT2D eigenvalue weighted by atomic mass is 9.95. The first kappa shape index (κ1) is 27.7. The number of halogens is 10. The van der Waals surface area contributed by atoms with Crippen LogP contribution in [0, 0.1) is 0 Å². The molecule has 0 aliphatic carbocycles. The van der Waals surface area contributed by atoms with E-state index in [-0.39, 0.29) is 27.2 Å². The number of hydrogen-bond donors (Lipinski definition) is 2. The third kappa shape index (κ3) is 6.77. The lowest BCUT2D eigenvalue weighted by Gasteiger charge is -2.19. The Balaban J connectivity index is 2.57. The molecule has 2 aromatic carbocycles. The van der Waals surface area contributed by atoms with E-state index in [0.717, 1.165) is 12.1 Å². The van der Waals surface area contributed by atoms with Crippen molar-refractivity contribution < 1.29 is 45.4 Å². The van der Waals surface area contributed by atoms with Crippen LogP contribution in [0.5, 0.6) is 0 Å². The molecule has 184 valence electrons. The minimum absolute atomic E-state index is 0.0234. The highest BCUT2D eigenvalue weighted by molar-refractivity contribution is 6.48. The first-order valence-corrected chi connectivity index (χ1v) is 9.95. The molecule has 1 amide bonds. The quantitative estimate of drug-likeness (QED) is 0.296. The monoisotopic (exact) mass is 551 g/mol. The number of carbonyl (C=O) groups is 2. The van der Waals surface area contributed by atoms with Gasteiger partial charge in [0, 0.05) is 5.56 Å². The maximum absolute atomic E-state index is 14.8. The number of benzene rings is 2. The normalized spacial score (nSPS) is 13.5. The fraction of sp³-hybridized carbons (Fsp3) is 0.200. The van der Waals surface area contributed by atoms with Crippen LogP contribution in [-0.4, -0.2) is 29.7 Å². The summed E-state index contributed by atoms with van der Waals surface area (Å²) in [5.41, 5.74) is -4.27. The summed E-state index contributed by atoms with van der Waals surface area (Å²) in [4.78, 5) is 22.4. The maximum Gasteiger partial charge on any atom is 0.417 e. The molecule has 0 heterocycles. The molecule has 34 heavy (non-hydrogen) atoms. The first-order chi connectivity index (χ1) is 15.5. The second kappa shape index (κ2) is 10.4. The van der Waals surface area contributed by atoms with Gasteiger partial charge in [-0.05, 0) is 35.9 Å². The maximum atomic E-state index is 14.8. The summed E-state index contributed by atoms with van der Waals surface area (Å²) in [5, 5.41) is 9.29. The zero-order valence-corrected chi connectivity index (χ0v) is 18.6. The number of alkyl halides is 6. The van der Waals surface area contributed by atoms with Crippen molar-refractivity contribution in [1.82, 2.24) is 5.32 Å². The molecule has 0 aliphatic heterocycles. The van der Waals surface area contributed by atoms with Crippen molar-refractivity contribution in [2.75, 3.05) is 6.54 Å². The topological polar surface area (TPSA) is 66.4 Å². The molecule has 0 fully saturated rings. The van der Waals surface area contributed by atoms with Gasteiger partial charge in [-0.15, -0.1) is 0 Å². The van der Waals surface area contributed by atoms with Gasteiger partial charge < -0.3 is 10.4 Å². The Morgan fingerprint density at radius 2 is 1.56 bits per heavy atom. The van der Waals surface area contributed by atoms with E-state index < -0.39 is 64.8 Å². The molecular formula is C20H11Cl3F7NO3. The lowest BCUT2D eigenvalue weighted by molar-refractivity contribution is -0.140. The fourth-order valence-corrected chi connectivity index (χ4v) is 3.37. The summed E-state index contributed by atoms with van der Waals surface area (Å²) < 4.78 is 95.9. The summed E-state index contributed by atoms with van der Waals surface area (Å²) >= 11 is 17.2. The summed E-state index contributed by atoms with van der Waals surface area (Å²) in [5.74, 6) is -7.31. The smallest absolute Gasteiger partial charge is 0.417 e. The summed E-state index contributed by atoms with van der Waals surface area (Å²) in [7, 11) is 0. The number of hydrogen-bond acceptors (Lipinski definition) is 2. The molecule has 4 nitrogen and oxygen atoms in total. The van der Waals surface area contributed by atoms with Crippen molar-refractivity contribution in [3.63, 3.8) is 0 Å². The summed E-state index contributed by atoms with van der Waals surface area (Å²) in [6.45, 7) is -0.994. The van der Waals surface area contributed by atoms with Crippen LogP contribution in [0.3, 0.4) is 0 Å². The van der Waals surface area contributed by atoms with E-state index in [4.69, 9.17) is 39.9 Å². The minimum Gasteiger partial charge on any atom is -0.480 e. The van der Waals surface area contributed by atoms with Gasteiger partial charge in [-0.3, -0.25) is 9.59 Å². The van der Waals surface area contributed by atoms with Crippen molar-refractivity contribution in [3.8, 4) is 0 Å². The Morgan fingerprint density at radius 3 is 2.03 bits per heavy atom. The molecule has 0 spiro atoms. The average molecular weight is 553 g/mol.